The maximum absolute atomic E-state index is 11.9. The molecule has 6 nitrogen and oxygen atoms in total. The summed E-state index contributed by atoms with van der Waals surface area (Å²) >= 11 is 0. The smallest absolute Gasteiger partial charge is 0.275 e. The van der Waals surface area contributed by atoms with Crippen molar-refractivity contribution < 1.29 is 14.4 Å². The molecule has 1 amide bonds. The predicted octanol–water partition coefficient (Wildman–Crippen LogP) is 1.34. The second kappa shape index (κ2) is 6.49. The highest BCUT2D eigenvalue weighted by molar-refractivity contribution is 5.94. The fourth-order valence-electron chi connectivity index (χ4n) is 1.79. The SMILES string of the molecule is CN(C)c1cc(C(=O)NO[C@@H]2CCCCO2)ccn1. The summed E-state index contributed by atoms with van der Waals surface area (Å²) in [4.78, 5) is 23.2. The van der Waals surface area contributed by atoms with Gasteiger partial charge in [0.1, 0.15) is 5.82 Å². The number of aromatic nitrogens is 1. The normalized spacial score (nSPS) is 18.9. The summed E-state index contributed by atoms with van der Waals surface area (Å²) in [5, 5.41) is 0. The van der Waals surface area contributed by atoms with Gasteiger partial charge in [0, 0.05) is 38.9 Å². The van der Waals surface area contributed by atoms with Crippen molar-refractivity contribution in [2.24, 2.45) is 0 Å². The van der Waals surface area contributed by atoms with Gasteiger partial charge in [-0.15, -0.1) is 0 Å². The highest BCUT2D eigenvalue weighted by atomic mass is 16.8. The molecule has 2 rings (SSSR count). The van der Waals surface area contributed by atoms with E-state index in [0.29, 0.717) is 12.2 Å². The molecule has 1 aromatic rings. The molecule has 0 radical (unpaired) electrons. The Hall–Kier alpha value is -1.66. The average molecular weight is 265 g/mol. The second-order valence-electron chi connectivity index (χ2n) is 4.64. The Balaban J connectivity index is 1.90. The maximum Gasteiger partial charge on any atom is 0.275 e. The van der Waals surface area contributed by atoms with Gasteiger partial charge in [-0.25, -0.2) is 15.3 Å². The van der Waals surface area contributed by atoms with Crippen molar-refractivity contribution in [2.45, 2.75) is 25.6 Å². The van der Waals surface area contributed by atoms with E-state index < -0.39 is 0 Å². The van der Waals surface area contributed by atoms with E-state index in [2.05, 4.69) is 10.5 Å². The number of amides is 1. The lowest BCUT2D eigenvalue weighted by molar-refractivity contribution is -0.186. The van der Waals surface area contributed by atoms with Crippen molar-refractivity contribution in [1.82, 2.24) is 10.5 Å². The van der Waals surface area contributed by atoms with E-state index in [-0.39, 0.29) is 12.2 Å². The number of carbonyl (C=O) groups excluding carboxylic acids is 1. The Morgan fingerprint density at radius 3 is 3.05 bits per heavy atom. The zero-order valence-corrected chi connectivity index (χ0v) is 11.3. The van der Waals surface area contributed by atoms with Crippen molar-refractivity contribution in [3.05, 3.63) is 23.9 Å². The molecular weight excluding hydrogens is 246 g/mol. The molecule has 0 spiro atoms. The maximum atomic E-state index is 11.9. The number of hydrogen-bond donors (Lipinski definition) is 1. The number of hydrogen-bond acceptors (Lipinski definition) is 5. The van der Waals surface area contributed by atoms with E-state index in [1.807, 2.05) is 19.0 Å². The first-order valence-corrected chi connectivity index (χ1v) is 6.38. The Labute approximate surface area is 112 Å². The lowest BCUT2D eigenvalue weighted by atomic mass is 10.2. The molecule has 1 aliphatic rings. The Kier molecular flexibility index (Phi) is 4.70. The molecule has 1 saturated heterocycles. The van der Waals surface area contributed by atoms with Crippen LogP contribution in [-0.4, -0.2) is 37.9 Å². The summed E-state index contributed by atoms with van der Waals surface area (Å²) in [5.74, 6) is 0.432. The van der Waals surface area contributed by atoms with Gasteiger partial charge in [0.15, 0.2) is 6.29 Å². The van der Waals surface area contributed by atoms with Crippen LogP contribution < -0.4 is 10.4 Å². The van der Waals surface area contributed by atoms with E-state index in [0.717, 1.165) is 25.1 Å². The van der Waals surface area contributed by atoms with Crippen molar-refractivity contribution in [1.29, 1.82) is 0 Å². The van der Waals surface area contributed by atoms with Crippen LogP contribution in [0.2, 0.25) is 0 Å². The van der Waals surface area contributed by atoms with Crippen LogP contribution in [0, 0.1) is 0 Å². The van der Waals surface area contributed by atoms with E-state index in [4.69, 9.17) is 9.57 Å². The van der Waals surface area contributed by atoms with Crippen LogP contribution in [0.15, 0.2) is 18.3 Å². The monoisotopic (exact) mass is 265 g/mol. The number of nitrogens with one attached hydrogen (secondary N) is 1. The molecule has 0 saturated carbocycles. The number of anilines is 1. The molecule has 104 valence electrons. The Morgan fingerprint density at radius 2 is 2.37 bits per heavy atom. The minimum absolute atomic E-state index is 0.292. The van der Waals surface area contributed by atoms with E-state index in [1.54, 1.807) is 18.3 Å². The molecule has 1 aliphatic heterocycles. The number of rotatable bonds is 4. The standard InChI is InChI=1S/C13H19N3O3/c1-16(2)11-9-10(6-7-14-11)13(17)15-19-12-5-3-4-8-18-12/h6-7,9,12H,3-5,8H2,1-2H3,(H,15,17)/t12-/m1/s1. The van der Waals surface area contributed by atoms with Gasteiger partial charge >= 0.3 is 0 Å². The van der Waals surface area contributed by atoms with Crippen molar-refractivity contribution in [3.63, 3.8) is 0 Å². The van der Waals surface area contributed by atoms with E-state index in [9.17, 15) is 4.79 Å². The summed E-state index contributed by atoms with van der Waals surface area (Å²) in [5.41, 5.74) is 2.93. The third-order valence-corrected chi connectivity index (χ3v) is 2.89. The second-order valence-corrected chi connectivity index (χ2v) is 4.64. The van der Waals surface area contributed by atoms with Gasteiger partial charge in [-0.2, -0.15) is 0 Å². The Morgan fingerprint density at radius 1 is 1.53 bits per heavy atom. The van der Waals surface area contributed by atoms with Crippen LogP contribution in [0.1, 0.15) is 29.6 Å². The number of nitrogens with zero attached hydrogens (tertiary/aromatic N) is 2. The molecule has 1 atom stereocenters. The summed E-state index contributed by atoms with van der Waals surface area (Å²) in [6.45, 7) is 0.681. The highest BCUT2D eigenvalue weighted by Crippen LogP contribution is 2.13. The van der Waals surface area contributed by atoms with Crippen molar-refractivity contribution in [3.8, 4) is 0 Å². The molecule has 6 heteroatoms. The zero-order valence-electron chi connectivity index (χ0n) is 11.3. The first-order chi connectivity index (χ1) is 9.16. The van der Waals surface area contributed by atoms with Crippen molar-refractivity contribution >= 4 is 11.7 Å². The molecule has 0 aromatic carbocycles. The lowest BCUT2D eigenvalue weighted by Crippen LogP contribution is -2.33. The fourth-order valence-corrected chi connectivity index (χ4v) is 1.79. The average Bonchev–Trinajstić information content (AvgIpc) is 2.46. The largest absolute Gasteiger partial charge is 0.363 e. The van der Waals surface area contributed by atoms with Crippen LogP contribution in [0.3, 0.4) is 0 Å². The molecule has 1 aromatic heterocycles. The first-order valence-electron chi connectivity index (χ1n) is 6.38. The molecule has 0 bridgehead atoms. The fraction of sp³-hybridized carbons (Fsp3) is 0.538. The zero-order chi connectivity index (χ0) is 13.7. The van der Waals surface area contributed by atoms with Gasteiger partial charge in [-0.3, -0.25) is 4.79 Å². The molecule has 1 fully saturated rings. The molecule has 0 unspecified atom stereocenters. The van der Waals surface area contributed by atoms with Gasteiger partial charge < -0.3 is 9.64 Å². The number of ether oxygens (including phenoxy) is 1. The lowest BCUT2D eigenvalue weighted by Gasteiger charge is -2.22. The predicted molar refractivity (Wildman–Crippen MR) is 70.7 cm³/mol. The molecular formula is C13H19N3O3. The van der Waals surface area contributed by atoms with Gasteiger partial charge in [0.25, 0.3) is 5.91 Å². The van der Waals surface area contributed by atoms with Crippen molar-refractivity contribution in [2.75, 3.05) is 25.6 Å². The number of hydroxylamine groups is 1. The van der Waals surface area contributed by atoms with Crippen LogP contribution >= 0.6 is 0 Å². The summed E-state index contributed by atoms with van der Waals surface area (Å²) in [7, 11) is 3.74. The highest BCUT2D eigenvalue weighted by Gasteiger charge is 2.16. The van der Waals surface area contributed by atoms with E-state index >= 15 is 0 Å². The van der Waals surface area contributed by atoms with Gasteiger partial charge in [-0.1, -0.05) is 0 Å². The summed E-state index contributed by atoms with van der Waals surface area (Å²) in [6, 6.07) is 3.36. The molecule has 0 aliphatic carbocycles. The third kappa shape index (κ3) is 3.90. The topological polar surface area (TPSA) is 63.7 Å². The number of carbonyl (C=O) groups is 1. The number of pyridine rings is 1. The Bertz CT molecular complexity index is 431. The van der Waals surface area contributed by atoms with Crippen LogP contribution in [0.5, 0.6) is 0 Å². The van der Waals surface area contributed by atoms with Crippen LogP contribution in [0.25, 0.3) is 0 Å². The summed E-state index contributed by atoms with van der Waals surface area (Å²) in [6.07, 6.45) is 4.17. The van der Waals surface area contributed by atoms with Gasteiger partial charge in [-0.05, 0) is 25.0 Å². The third-order valence-electron chi connectivity index (χ3n) is 2.89. The van der Waals surface area contributed by atoms with Crippen LogP contribution in [-0.2, 0) is 9.57 Å². The minimum Gasteiger partial charge on any atom is -0.363 e. The minimum atomic E-state index is -0.340. The molecule has 2 heterocycles. The molecule has 1 N–H and O–H groups in total. The summed E-state index contributed by atoms with van der Waals surface area (Å²) < 4.78 is 5.37. The van der Waals surface area contributed by atoms with Crippen LogP contribution in [0.4, 0.5) is 5.82 Å². The molecule has 19 heavy (non-hydrogen) atoms. The quantitative estimate of drug-likeness (QED) is 0.832. The first kappa shape index (κ1) is 13.8. The van der Waals surface area contributed by atoms with E-state index in [1.165, 1.54) is 0 Å². The van der Waals surface area contributed by atoms with Gasteiger partial charge in [0.2, 0.25) is 0 Å². The van der Waals surface area contributed by atoms with Gasteiger partial charge in [0.05, 0.1) is 0 Å².